The van der Waals surface area contributed by atoms with Crippen LogP contribution in [-0.2, 0) is 4.74 Å². The summed E-state index contributed by atoms with van der Waals surface area (Å²) in [7, 11) is 0. The van der Waals surface area contributed by atoms with E-state index < -0.39 is 5.91 Å². The van der Waals surface area contributed by atoms with Crippen LogP contribution in [0.2, 0.25) is 0 Å². The molecule has 0 radical (unpaired) electrons. The molecule has 7 nitrogen and oxygen atoms in total. The van der Waals surface area contributed by atoms with Crippen LogP contribution in [0.1, 0.15) is 41.3 Å². The highest BCUT2D eigenvalue weighted by atomic mass is 16.5. The van der Waals surface area contributed by atoms with Gasteiger partial charge in [-0.15, -0.1) is 4.91 Å². The summed E-state index contributed by atoms with van der Waals surface area (Å²) in [5, 5.41) is 4.20. The normalized spacial score (nSPS) is 15.5. The maximum atomic E-state index is 12.7. The number of nitroso groups, excluding NO2 is 1. The van der Waals surface area contributed by atoms with Crippen LogP contribution in [0.3, 0.4) is 0 Å². The second kappa shape index (κ2) is 8.99. The van der Waals surface area contributed by atoms with E-state index in [1.807, 2.05) is 57.2 Å². The Hall–Kier alpha value is -3.58. The minimum atomic E-state index is -0.864. The molecule has 1 aliphatic rings. The van der Waals surface area contributed by atoms with Gasteiger partial charge in [-0.25, -0.2) is 4.98 Å². The molecule has 4 aromatic rings. The van der Waals surface area contributed by atoms with Crippen LogP contribution >= 0.6 is 0 Å². The lowest BCUT2D eigenvalue weighted by molar-refractivity contribution is 0.0243. The molecule has 0 aliphatic carbocycles. The SMILES string of the molecule is Cc1c(-c2cc(C(=O)N=O)c3c(O[C@H](C)C4CCOCC4)ccc(C)c3n2)oc2ccccc12. The molecule has 2 aromatic carbocycles. The predicted molar refractivity (Wildman–Crippen MR) is 130 cm³/mol. The maximum Gasteiger partial charge on any atom is 0.317 e. The van der Waals surface area contributed by atoms with E-state index in [0.29, 0.717) is 47.2 Å². The number of aromatic nitrogens is 1. The third kappa shape index (κ3) is 3.86. The summed E-state index contributed by atoms with van der Waals surface area (Å²) in [5.41, 5.74) is 3.73. The van der Waals surface area contributed by atoms with Crippen LogP contribution in [0.25, 0.3) is 33.3 Å². The van der Waals surface area contributed by atoms with Crippen LogP contribution in [0.4, 0.5) is 0 Å². The summed E-state index contributed by atoms with van der Waals surface area (Å²) in [4.78, 5) is 29.0. The van der Waals surface area contributed by atoms with Gasteiger partial charge in [0.25, 0.3) is 0 Å². The number of hydrogen-bond acceptors (Lipinski definition) is 6. The van der Waals surface area contributed by atoms with Gasteiger partial charge in [0.05, 0.1) is 22.6 Å². The highest BCUT2D eigenvalue weighted by Gasteiger charge is 2.26. The van der Waals surface area contributed by atoms with Crippen molar-refractivity contribution in [2.45, 2.75) is 39.7 Å². The lowest BCUT2D eigenvalue weighted by Crippen LogP contribution is -2.29. The zero-order valence-corrected chi connectivity index (χ0v) is 19.5. The van der Waals surface area contributed by atoms with E-state index in [2.05, 4.69) is 5.18 Å². The maximum absolute atomic E-state index is 12.7. The Kier molecular flexibility index (Phi) is 5.87. The van der Waals surface area contributed by atoms with Crippen molar-refractivity contribution in [1.82, 2.24) is 4.98 Å². The van der Waals surface area contributed by atoms with Gasteiger partial charge in [-0.05, 0) is 63.3 Å². The monoisotopic (exact) mass is 458 g/mol. The fraction of sp³-hybridized carbons (Fsp3) is 0.333. The molecule has 1 atom stereocenters. The Labute approximate surface area is 197 Å². The number of fused-ring (bicyclic) bond motifs is 2. The van der Waals surface area contributed by atoms with Gasteiger partial charge in [0.2, 0.25) is 0 Å². The summed E-state index contributed by atoms with van der Waals surface area (Å²) in [6.45, 7) is 7.33. The number of para-hydroxylation sites is 1. The number of ether oxygens (including phenoxy) is 2. The Bertz CT molecular complexity index is 1400. The lowest BCUT2D eigenvalue weighted by atomic mass is 9.94. The highest BCUT2D eigenvalue weighted by Crippen LogP contribution is 2.38. The molecule has 34 heavy (non-hydrogen) atoms. The fourth-order valence-corrected chi connectivity index (χ4v) is 4.78. The van der Waals surface area contributed by atoms with Crippen LogP contribution < -0.4 is 4.74 Å². The number of carbonyl (C=O) groups excluding carboxylic acids is 1. The van der Waals surface area contributed by atoms with Crippen LogP contribution in [-0.4, -0.2) is 30.2 Å². The van der Waals surface area contributed by atoms with Gasteiger partial charge in [0.15, 0.2) is 5.76 Å². The van der Waals surface area contributed by atoms with Crippen molar-refractivity contribution in [3.63, 3.8) is 0 Å². The first-order valence-corrected chi connectivity index (χ1v) is 11.5. The summed E-state index contributed by atoms with van der Waals surface area (Å²) >= 11 is 0. The summed E-state index contributed by atoms with van der Waals surface area (Å²) in [6, 6.07) is 13.1. The van der Waals surface area contributed by atoms with Gasteiger partial charge in [-0.1, -0.05) is 24.3 Å². The van der Waals surface area contributed by atoms with Crippen molar-refractivity contribution in [2.24, 2.45) is 11.1 Å². The first kappa shape index (κ1) is 22.2. The second-order valence-electron chi connectivity index (χ2n) is 8.88. The highest BCUT2D eigenvalue weighted by molar-refractivity contribution is 6.10. The number of pyridine rings is 1. The molecule has 0 unspecified atom stereocenters. The molecule has 3 heterocycles. The van der Waals surface area contributed by atoms with Crippen molar-refractivity contribution < 1.29 is 18.7 Å². The largest absolute Gasteiger partial charge is 0.490 e. The van der Waals surface area contributed by atoms with Gasteiger partial charge in [0, 0.05) is 29.3 Å². The standard InChI is InChI=1S/C27H26N2O5/c1-15-8-9-23(33-17(3)18-10-12-32-13-11-18)24-20(27(30)29-31)14-21(28-25(15)24)26-16(2)19-6-4-5-7-22(19)34-26/h4-9,14,17-18H,10-13H2,1-3H3/t17-/m1/s1. The molecule has 0 saturated carbocycles. The zero-order valence-electron chi connectivity index (χ0n) is 19.5. The van der Waals surface area contributed by atoms with E-state index in [1.165, 1.54) is 0 Å². The average molecular weight is 459 g/mol. The van der Waals surface area contributed by atoms with E-state index in [0.717, 1.165) is 34.9 Å². The van der Waals surface area contributed by atoms with E-state index in [1.54, 1.807) is 6.07 Å². The lowest BCUT2D eigenvalue weighted by Gasteiger charge is -2.28. The van der Waals surface area contributed by atoms with Gasteiger partial charge in [0.1, 0.15) is 17.0 Å². The van der Waals surface area contributed by atoms with Crippen LogP contribution in [0, 0.1) is 24.7 Å². The van der Waals surface area contributed by atoms with Crippen molar-refractivity contribution in [2.75, 3.05) is 13.2 Å². The van der Waals surface area contributed by atoms with Gasteiger partial charge < -0.3 is 13.9 Å². The minimum absolute atomic E-state index is 0.0840. The smallest absolute Gasteiger partial charge is 0.317 e. The van der Waals surface area contributed by atoms with Crippen LogP contribution in [0.15, 0.2) is 52.1 Å². The molecule has 1 aliphatic heterocycles. The van der Waals surface area contributed by atoms with E-state index in [-0.39, 0.29) is 11.7 Å². The number of rotatable bonds is 5. The molecular weight excluding hydrogens is 432 g/mol. The number of nitrogens with zero attached hydrogens (tertiary/aromatic N) is 2. The van der Waals surface area contributed by atoms with Gasteiger partial charge >= 0.3 is 5.91 Å². The van der Waals surface area contributed by atoms with Crippen molar-refractivity contribution in [3.05, 3.63) is 64.1 Å². The Morgan fingerprint density at radius 3 is 2.65 bits per heavy atom. The van der Waals surface area contributed by atoms with Gasteiger partial charge in [-0.3, -0.25) is 4.79 Å². The number of amides is 1. The number of carbonyl (C=O) groups is 1. The first-order chi connectivity index (χ1) is 16.5. The fourth-order valence-electron chi connectivity index (χ4n) is 4.78. The molecule has 174 valence electrons. The number of hydrogen-bond donors (Lipinski definition) is 0. The molecule has 2 aromatic heterocycles. The topological polar surface area (TPSA) is 91.0 Å². The molecule has 0 spiro atoms. The van der Waals surface area contributed by atoms with Crippen molar-refractivity contribution >= 4 is 27.8 Å². The quantitative estimate of drug-likeness (QED) is 0.323. The zero-order chi connectivity index (χ0) is 23.8. The van der Waals surface area contributed by atoms with E-state index >= 15 is 0 Å². The second-order valence-corrected chi connectivity index (χ2v) is 8.88. The molecule has 1 fully saturated rings. The van der Waals surface area contributed by atoms with Gasteiger partial charge in [-0.2, -0.15) is 0 Å². The van der Waals surface area contributed by atoms with Crippen molar-refractivity contribution in [1.29, 1.82) is 0 Å². The summed E-state index contributed by atoms with van der Waals surface area (Å²) in [5.74, 6) is 0.562. The molecule has 1 saturated heterocycles. The molecule has 5 rings (SSSR count). The average Bonchev–Trinajstić information content (AvgIpc) is 3.21. The molecule has 7 heteroatoms. The number of furan rings is 1. The number of benzene rings is 2. The van der Waals surface area contributed by atoms with Crippen LogP contribution in [0.5, 0.6) is 5.75 Å². The third-order valence-corrected chi connectivity index (χ3v) is 6.76. The predicted octanol–water partition coefficient (Wildman–Crippen LogP) is 6.37. The Morgan fingerprint density at radius 2 is 1.91 bits per heavy atom. The number of aryl methyl sites for hydroxylation is 2. The summed E-state index contributed by atoms with van der Waals surface area (Å²) in [6.07, 6.45) is 1.75. The molecule has 1 amide bonds. The molecular formula is C27H26N2O5. The van der Waals surface area contributed by atoms with E-state index in [9.17, 15) is 9.70 Å². The first-order valence-electron chi connectivity index (χ1n) is 11.5. The van der Waals surface area contributed by atoms with Crippen molar-refractivity contribution in [3.8, 4) is 17.2 Å². The third-order valence-electron chi connectivity index (χ3n) is 6.76. The Balaban J connectivity index is 1.67. The van der Waals surface area contributed by atoms with E-state index in [4.69, 9.17) is 18.9 Å². The summed E-state index contributed by atoms with van der Waals surface area (Å²) < 4.78 is 17.9. The molecule has 0 N–H and O–H groups in total. The minimum Gasteiger partial charge on any atom is -0.490 e. The Morgan fingerprint density at radius 1 is 1.15 bits per heavy atom. The molecule has 0 bridgehead atoms.